The Bertz CT molecular complexity index is 4280. The first kappa shape index (κ1) is 59.2. The second kappa shape index (κ2) is 23.3. The van der Waals surface area contributed by atoms with Gasteiger partial charge >= 0.3 is 0 Å². The van der Waals surface area contributed by atoms with E-state index in [0.717, 1.165) is 78.9 Å². The van der Waals surface area contributed by atoms with Crippen molar-refractivity contribution in [2.75, 3.05) is 33.2 Å². The molecule has 0 spiro atoms. The number of aromatic nitrogens is 6. The lowest BCUT2D eigenvalue weighted by atomic mass is 9.98. The monoisotopic (exact) mass is 1260 g/mol. The Balaban J connectivity index is 0.000000122. The number of nitrogens with two attached hydrogens (primary N) is 3. The van der Waals surface area contributed by atoms with Crippen LogP contribution in [0.1, 0.15) is 55.2 Å². The highest BCUT2D eigenvalue weighted by Gasteiger charge is 2.61. The largest absolute Gasteiger partial charge is 0.398 e. The molecule has 0 radical (unpaired) electrons. The maximum Gasteiger partial charge on any atom is 0.229 e. The van der Waals surface area contributed by atoms with E-state index in [9.17, 15) is 29.7 Å². The van der Waals surface area contributed by atoms with Gasteiger partial charge in [0, 0.05) is 140 Å². The van der Waals surface area contributed by atoms with Crippen molar-refractivity contribution in [3.05, 3.63) is 141 Å². The van der Waals surface area contributed by atoms with Gasteiger partial charge in [0.25, 0.3) is 0 Å². The number of aryl methyl sites for hydroxylation is 3. The average Bonchev–Trinajstić information content (AvgIpc) is 1.50. The molecule has 12 atom stereocenters. The maximum absolute atomic E-state index is 12.7. The smallest absolute Gasteiger partial charge is 0.229 e. The Labute approximate surface area is 526 Å². The zero-order chi connectivity index (χ0) is 61.7. The van der Waals surface area contributed by atoms with Gasteiger partial charge in [0.15, 0.2) is 0 Å². The second-order valence-corrected chi connectivity index (χ2v) is 25.9. The Morgan fingerprint density at radius 2 is 0.807 bits per heavy atom. The summed E-state index contributed by atoms with van der Waals surface area (Å²) in [4.78, 5) is 63.5. The van der Waals surface area contributed by atoms with E-state index in [2.05, 4.69) is 45.9 Å². The molecule has 12 N–H and O–H groups in total. The third kappa shape index (κ3) is 11.0. The van der Waals surface area contributed by atoms with Crippen LogP contribution >= 0.6 is 46.4 Å². The van der Waals surface area contributed by atoms with Crippen molar-refractivity contribution in [3.8, 4) is 33.4 Å². The summed E-state index contributed by atoms with van der Waals surface area (Å²) in [5.41, 5.74) is 28.2. The van der Waals surface area contributed by atoms with E-state index in [1.54, 1.807) is 67.9 Å². The van der Waals surface area contributed by atoms with Crippen LogP contribution in [0.3, 0.4) is 0 Å². The summed E-state index contributed by atoms with van der Waals surface area (Å²) in [5, 5.41) is 43.9. The van der Waals surface area contributed by atoms with Gasteiger partial charge in [-0.05, 0) is 165 Å². The number of hydrogen-bond donors (Lipinski definition) is 9. The molecule has 18 nitrogen and oxygen atoms in total. The van der Waals surface area contributed by atoms with Crippen molar-refractivity contribution in [3.63, 3.8) is 0 Å². The highest BCUT2D eigenvalue weighted by atomic mass is 35.5. The Morgan fingerprint density at radius 1 is 0.432 bits per heavy atom. The predicted octanol–water partition coefficient (Wildman–Crippen LogP) is 12.0. The minimum atomic E-state index is -0.274. The molecule has 6 fully saturated rings. The Hall–Kier alpha value is -7.81. The molecule has 0 bridgehead atoms. The van der Waals surface area contributed by atoms with Crippen LogP contribution in [0.5, 0.6) is 0 Å². The van der Waals surface area contributed by atoms with Gasteiger partial charge in [0.05, 0.1) is 49.8 Å². The summed E-state index contributed by atoms with van der Waals surface area (Å²) in [6, 6.07) is 14.8. The molecule has 0 saturated heterocycles. The van der Waals surface area contributed by atoms with Gasteiger partial charge in [0.2, 0.25) is 17.7 Å². The number of anilines is 6. The number of amides is 3. The van der Waals surface area contributed by atoms with Crippen LogP contribution in [0.2, 0.25) is 20.1 Å². The Kier molecular flexibility index (Phi) is 15.7. The topological polar surface area (TPSA) is 303 Å². The molecular formula is C66H62Cl4N12O6. The van der Waals surface area contributed by atoms with Gasteiger partial charge in [-0.3, -0.25) is 29.3 Å². The van der Waals surface area contributed by atoms with Crippen LogP contribution in [-0.4, -0.2) is 81.3 Å². The second-order valence-electron chi connectivity index (χ2n) is 24.4. The molecule has 22 heteroatoms. The SMILES string of the molecule is Cc1ccncc1-c1c(Cl)c(N)c2cnc(NC(=O)C3[C@H]4CC(O)C[C@@H]34)cc2c1Cl.Cc1ccncc1-c1cc(N)c2cnc(NC(=O)C3[C@H]4CC(O)C[C@@H]34)cc2c1Cl.Cc1ccncc1-c1cc2cc(NC(=O)C3[C@H]4CC(O)C[C@@H]34)ncc2c(N)c1Cl. The van der Waals surface area contributed by atoms with Crippen molar-refractivity contribution < 1.29 is 29.7 Å². The number of aliphatic hydroxyl groups excluding tert-OH is 3. The molecule has 6 aromatic heterocycles. The lowest BCUT2D eigenvalue weighted by molar-refractivity contribution is -0.119. The number of carbonyl (C=O) groups excluding carboxylic acids is 3. The fourth-order valence-corrected chi connectivity index (χ4v) is 15.5. The van der Waals surface area contributed by atoms with E-state index >= 15 is 0 Å². The lowest BCUT2D eigenvalue weighted by Crippen LogP contribution is -2.19. The number of aliphatic hydroxyl groups is 3. The molecular weight excluding hydrogens is 1200 g/mol. The number of halogens is 4. The van der Waals surface area contributed by atoms with E-state index in [4.69, 9.17) is 63.6 Å². The molecule has 88 heavy (non-hydrogen) atoms. The van der Waals surface area contributed by atoms with Crippen LogP contribution in [0.15, 0.2) is 104 Å². The van der Waals surface area contributed by atoms with E-state index < -0.39 is 0 Å². The number of fused-ring (bicyclic) bond motifs is 6. The molecule has 6 aliphatic carbocycles. The standard InChI is InChI=1S/C22H20Cl2N4O2.2C22H21ClN4O2/c1-9-2-3-26-7-14(9)18-19(23)13-6-16(27-8-15(13)21(25)20(18)24)28-22(30)17-11-4-10(29)5-12(11)17;1-10-2-3-25-8-16(10)15-4-11-5-18(26-9-17(11)21(24)20(15)23)27-22(29)19-13-6-12(28)7-14(13)19;1-10-2-3-25-8-16(10)14-6-18(24)17-9-26-19(7-15(17)21(14)23)27-22(29)20-12-4-11(28)5-13(12)20/h2-3,6-8,10-12,17,29H,4-5,25H2,1H3,(H,27,28,30);2-5,8-9,12-14,19,28H,6-7,24H2,1H3,(H,26,27,29);2-3,6-9,11-13,20,28H,4-5,24H2,1H3,(H,26,27,29)/t10?,11-,12+,17?;12?,13-,14+,19?;11?,12-,13+,20?. The van der Waals surface area contributed by atoms with Crippen LogP contribution in [0.4, 0.5) is 34.5 Å². The van der Waals surface area contributed by atoms with Crippen molar-refractivity contribution in [2.45, 2.75) is 77.6 Å². The predicted molar refractivity (Wildman–Crippen MR) is 345 cm³/mol. The fraction of sp³-hybridized carbons (Fsp3) is 0.318. The van der Waals surface area contributed by atoms with E-state index in [1.165, 1.54) is 0 Å². The van der Waals surface area contributed by atoms with Crippen LogP contribution in [-0.2, 0) is 14.4 Å². The maximum atomic E-state index is 12.7. The molecule has 3 aromatic carbocycles. The Morgan fingerprint density at radius 3 is 1.25 bits per heavy atom. The highest BCUT2D eigenvalue weighted by Crippen LogP contribution is 2.60. The number of rotatable bonds is 9. The third-order valence-corrected chi connectivity index (χ3v) is 20.6. The van der Waals surface area contributed by atoms with Gasteiger partial charge in [0.1, 0.15) is 17.5 Å². The first-order valence-corrected chi connectivity index (χ1v) is 30.8. The molecule has 6 unspecified atom stereocenters. The normalized spacial score (nSPS) is 24.9. The van der Waals surface area contributed by atoms with E-state index in [-0.39, 0.29) is 65.6 Å². The van der Waals surface area contributed by atoms with E-state index in [1.807, 2.05) is 57.2 Å². The van der Waals surface area contributed by atoms with Gasteiger partial charge in [-0.15, -0.1) is 0 Å². The van der Waals surface area contributed by atoms with Crippen LogP contribution in [0.25, 0.3) is 65.7 Å². The highest BCUT2D eigenvalue weighted by molar-refractivity contribution is 6.45. The van der Waals surface area contributed by atoms with Gasteiger partial charge < -0.3 is 48.5 Å². The number of hydrogen-bond acceptors (Lipinski definition) is 15. The molecule has 3 amide bonds. The van der Waals surface area contributed by atoms with Crippen molar-refractivity contribution >= 4 is 131 Å². The number of carbonyl (C=O) groups is 3. The van der Waals surface area contributed by atoms with E-state index in [0.29, 0.717) is 120 Å². The summed E-state index contributed by atoms with van der Waals surface area (Å²) in [7, 11) is 0. The molecule has 6 aliphatic rings. The molecule has 6 heterocycles. The molecule has 0 aliphatic heterocycles. The van der Waals surface area contributed by atoms with Gasteiger partial charge in [-0.1, -0.05) is 46.4 Å². The number of benzene rings is 3. The number of nitrogens with zero attached hydrogens (tertiary/aromatic N) is 6. The average molecular weight is 1260 g/mol. The summed E-state index contributed by atoms with van der Waals surface area (Å²) < 4.78 is 0. The van der Waals surface area contributed by atoms with Crippen molar-refractivity contribution in [2.24, 2.45) is 53.3 Å². The summed E-state index contributed by atoms with van der Waals surface area (Å²) >= 11 is 26.6. The summed E-state index contributed by atoms with van der Waals surface area (Å²) in [5.74, 6) is 2.89. The quantitative estimate of drug-likeness (QED) is 0.0607. The zero-order valence-electron chi connectivity index (χ0n) is 48.0. The minimum Gasteiger partial charge on any atom is -0.398 e. The minimum absolute atomic E-state index is 0.0141. The summed E-state index contributed by atoms with van der Waals surface area (Å²) in [6.45, 7) is 5.94. The molecule has 9 aromatic rings. The molecule has 450 valence electrons. The molecule has 6 saturated carbocycles. The van der Waals surface area contributed by atoms with Gasteiger partial charge in [-0.2, -0.15) is 0 Å². The fourth-order valence-electron chi connectivity index (χ4n) is 14.2. The number of pyridine rings is 6. The van der Waals surface area contributed by atoms with Gasteiger partial charge in [-0.25, -0.2) is 15.0 Å². The van der Waals surface area contributed by atoms with Crippen molar-refractivity contribution in [1.29, 1.82) is 0 Å². The van der Waals surface area contributed by atoms with Crippen molar-refractivity contribution in [1.82, 2.24) is 29.9 Å². The zero-order valence-corrected chi connectivity index (χ0v) is 51.0. The lowest BCUT2D eigenvalue weighted by Gasteiger charge is -2.16. The number of nitrogens with one attached hydrogen (secondary N) is 3. The summed E-state index contributed by atoms with van der Waals surface area (Å²) in [6.07, 6.45) is 18.8. The third-order valence-electron chi connectivity index (χ3n) is 19.0. The van der Waals surface area contributed by atoms with Crippen LogP contribution < -0.4 is 33.2 Å². The molecule has 15 rings (SSSR count). The first-order chi connectivity index (χ1) is 42.2. The number of nitrogen functional groups attached to an aromatic ring is 3. The first-order valence-electron chi connectivity index (χ1n) is 29.3. The van der Waals surface area contributed by atoms with Crippen LogP contribution in [0, 0.1) is 74.0 Å².